The molecule has 1 heteroatoms. The molecule has 1 aliphatic carbocycles. The summed E-state index contributed by atoms with van der Waals surface area (Å²) in [7, 11) is 0. The summed E-state index contributed by atoms with van der Waals surface area (Å²) < 4.78 is 0. The Morgan fingerprint density at radius 1 is 1.36 bits per heavy atom. The smallest absolute Gasteiger partial charge is 0.0662 e. The van der Waals surface area contributed by atoms with Crippen LogP contribution in [0.4, 0.5) is 0 Å². The van der Waals surface area contributed by atoms with Crippen LogP contribution in [-0.2, 0) is 6.42 Å². The van der Waals surface area contributed by atoms with Crippen molar-refractivity contribution in [3.8, 4) is 6.07 Å². The zero-order chi connectivity index (χ0) is 9.97. The third-order valence-corrected chi connectivity index (χ3v) is 2.90. The van der Waals surface area contributed by atoms with E-state index in [0.29, 0.717) is 5.92 Å². The number of hydrogen-bond acceptors (Lipinski definition) is 1. The maximum absolute atomic E-state index is 8.73. The second-order valence-corrected chi connectivity index (χ2v) is 4.07. The number of rotatable bonds is 3. The Morgan fingerprint density at radius 3 is 2.57 bits per heavy atom. The Bertz CT molecular complexity index is 344. The van der Waals surface area contributed by atoms with Crippen molar-refractivity contribution < 1.29 is 0 Å². The summed E-state index contributed by atoms with van der Waals surface area (Å²) in [4.78, 5) is 0. The van der Waals surface area contributed by atoms with Crippen LogP contribution in [-0.4, -0.2) is 0 Å². The Kier molecular flexibility index (Phi) is 2.54. The summed E-state index contributed by atoms with van der Waals surface area (Å²) in [6, 6.07) is 11.1. The van der Waals surface area contributed by atoms with Crippen LogP contribution in [0, 0.1) is 17.2 Å². The zero-order valence-corrected chi connectivity index (χ0v) is 8.53. The van der Waals surface area contributed by atoms with Crippen LogP contribution >= 0.6 is 0 Å². The molecule has 0 saturated heterocycles. The van der Waals surface area contributed by atoms with Crippen LogP contribution < -0.4 is 0 Å². The molecule has 0 amide bonds. The van der Waals surface area contributed by atoms with E-state index >= 15 is 0 Å². The van der Waals surface area contributed by atoms with Gasteiger partial charge in [-0.15, -0.1) is 0 Å². The minimum atomic E-state index is 0.284. The molecule has 2 unspecified atom stereocenters. The number of aryl methyl sites for hydroxylation is 1. The number of benzene rings is 1. The summed E-state index contributed by atoms with van der Waals surface area (Å²) >= 11 is 0. The minimum Gasteiger partial charge on any atom is -0.198 e. The van der Waals surface area contributed by atoms with Crippen molar-refractivity contribution in [2.45, 2.75) is 32.1 Å². The zero-order valence-electron chi connectivity index (χ0n) is 8.53. The SMILES string of the molecule is CCCc1ccc(C2CC2C#N)cc1. The molecule has 0 N–H and O–H groups in total. The maximum Gasteiger partial charge on any atom is 0.0662 e. The molecule has 0 aromatic heterocycles. The molecule has 0 radical (unpaired) electrons. The summed E-state index contributed by atoms with van der Waals surface area (Å²) in [6.45, 7) is 2.19. The van der Waals surface area contributed by atoms with Gasteiger partial charge in [0.2, 0.25) is 0 Å². The summed E-state index contributed by atoms with van der Waals surface area (Å²) in [5.41, 5.74) is 2.75. The molecular formula is C13H15N. The predicted molar refractivity (Wildman–Crippen MR) is 56.9 cm³/mol. The average molecular weight is 185 g/mol. The molecule has 1 aromatic rings. The molecule has 0 bridgehead atoms. The highest BCUT2D eigenvalue weighted by molar-refractivity contribution is 5.31. The van der Waals surface area contributed by atoms with Crippen molar-refractivity contribution in [1.82, 2.24) is 0 Å². The molecule has 1 saturated carbocycles. The normalized spacial score (nSPS) is 24.3. The average Bonchev–Trinajstić information content (AvgIpc) is 2.99. The Labute approximate surface area is 85.4 Å². The van der Waals surface area contributed by atoms with Crippen LogP contribution in [0.25, 0.3) is 0 Å². The van der Waals surface area contributed by atoms with Crippen molar-refractivity contribution in [2.24, 2.45) is 5.92 Å². The highest BCUT2D eigenvalue weighted by Gasteiger charge is 2.38. The van der Waals surface area contributed by atoms with Gasteiger partial charge in [0.15, 0.2) is 0 Å². The van der Waals surface area contributed by atoms with Gasteiger partial charge in [0.1, 0.15) is 0 Å². The molecule has 2 atom stereocenters. The lowest BCUT2D eigenvalue weighted by molar-refractivity contribution is 0.918. The van der Waals surface area contributed by atoms with E-state index in [1.807, 2.05) is 0 Å². The van der Waals surface area contributed by atoms with Crippen molar-refractivity contribution in [3.05, 3.63) is 35.4 Å². The van der Waals surface area contributed by atoms with Crippen molar-refractivity contribution in [1.29, 1.82) is 5.26 Å². The van der Waals surface area contributed by atoms with E-state index in [0.717, 1.165) is 12.8 Å². The van der Waals surface area contributed by atoms with Gasteiger partial charge in [-0.3, -0.25) is 0 Å². The van der Waals surface area contributed by atoms with E-state index in [-0.39, 0.29) is 5.92 Å². The summed E-state index contributed by atoms with van der Waals surface area (Å²) in [5.74, 6) is 0.808. The van der Waals surface area contributed by atoms with E-state index in [1.54, 1.807) is 0 Å². The second kappa shape index (κ2) is 3.84. The molecular weight excluding hydrogens is 170 g/mol. The predicted octanol–water partition coefficient (Wildman–Crippen LogP) is 3.27. The first kappa shape index (κ1) is 9.27. The standard InChI is InChI=1S/C13H15N/c1-2-3-10-4-6-11(7-5-10)13-8-12(13)9-14/h4-7,12-13H,2-3,8H2,1H3. The van der Waals surface area contributed by atoms with Gasteiger partial charge in [0.25, 0.3) is 0 Å². The third kappa shape index (κ3) is 1.80. The fourth-order valence-electron chi connectivity index (χ4n) is 1.93. The van der Waals surface area contributed by atoms with Crippen molar-refractivity contribution >= 4 is 0 Å². The lowest BCUT2D eigenvalue weighted by atomic mass is 10.0. The Morgan fingerprint density at radius 2 is 2.07 bits per heavy atom. The molecule has 1 fully saturated rings. The number of nitrogens with zero attached hydrogens (tertiary/aromatic N) is 1. The molecule has 14 heavy (non-hydrogen) atoms. The van der Waals surface area contributed by atoms with E-state index < -0.39 is 0 Å². The highest BCUT2D eigenvalue weighted by Crippen LogP contribution is 2.46. The topological polar surface area (TPSA) is 23.8 Å². The van der Waals surface area contributed by atoms with E-state index in [2.05, 4.69) is 37.3 Å². The van der Waals surface area contributed by atoms with Gasteiger partial charge in [0, 0.05) is 5.92 Å². The van der Waals surface area contributed by atoms with Gasteiger partial charge in [-0.25, -0.2) is 0 Å². The van der Waals surface area contributed by atoms with Crippen LogP contribution in [0.5, 0.6) is 0 Å². The van der Waals surface area contributed by atoms with Crippen LogP contribution in [0.3, 0.4) is 0 Å². The molecule has 0 spiro atoms. The quantitative estimate of drug-likeness (QED) is 0.709. The lowest BCUT2D eigenvalue weighted by Crippen LogP contribution is -1.85. The molecule has 1 nitrogen and oxygen atoms in total. The molecule has 1 aromatic carbocycles. The highest BCUT2D eigenvalue weighted by atomic mass is 14.4. The molecule has 0 heterocycles. The lowest BCUT2D eigenvalue weighted by Gasteiger charge is -2.01. The first-order chi connectivity index (χ1) is 6.85. The number of nitriles is 1. The van der Waals surface area contributed by atoms with Crippen LogP contribution in [0.1, 0.15) is 36.8 Å². The van der Waals surface area contributed by atoms with E-state index in [9.17, 15) is 0 Å². The van der Waals surface area contributed by atoms with Gasteiger partial charge in [-0.1, -0.05) is 37.6 Å². The first-order valence-electron chi connectivity index (χ1n) is 5.33. The van der Waals surface area contributed by atoms with Crippen LogP contribution in [0.15, 0.2) is 24.3 Å². The van der Waals surface area contributed by atoms with E-state index in [4.69, 9.17) is 5.26 Å². The minimum absolute atomic E-state index is 0.284. The number of hydrogen-bond donors (Lipinski definition) is 0. The first-order valence-corrected chi connectivity index (χ1v) is 5.33. The molecule has 1 aliphatic rings. The summed E-state index contributed by atoms with van der Waals surface area (Å²) in [5, 5.41) is 8.73. The van der Waals surface area contributed by atoms with Crippen molar-refractivity contribution in [2.75, 3.05) is 0 Å². The monoisotopic (exact) mass is 185 g/mol. The molecule has 72 valence electrons. The van der Waals surface area contributed by atoms with E-state index in [1.165, 1.54) is 17.5 Å². The maximum atomic E-state index is 8.73. The van der Waals surface area contributed by atoms with Gasteiger partial charge in [0.05, 0.1) is 12.0 Å². The molecule has 0 aliphatic heterocycles. The van der Waals surface area contributed by atoms with Gasteiger partial charge < -0.3 is 0 Å². The van der Waals surface area contributed by atoms with Gasteiger partial charge >= 0.3 is 0 Å². The van der Waals surface area contributed by atoms with Gasteiger partial charge in [-0.2, -0.15) is 5.26 Å². The van der Waals surface area contributed by atoms with Crippen LogP contribution in [0.2, 0.25) is 0 Å². The third-order valence-electron chi connectivity index (χ3n) is 2.90. The fourth-order valence-corrected chi connectivity index (χ4v) is 1.93. The van der Waals surface area contributed by atoms with Crippen molar-refractivity contribution in [3.63, 3.8) is 0 Å². The Balaban J connectivity index is 2.05. The largest absolute Gasteiger partial charge is 0.198 e. The summed E-state index contributed by atoms with van der Waals surface area (Å²) in [6.07, 6.45) is 3.42. The Hall–Kier alpha value is -1.29. The second-order valence-electron chi connectivity index (χ2n) is 4.07. The fraction of sp³-hybridized carbons (Fsp3) is 0.462. The molecule has 2 rings (SSSR count). The van der Waals surface area contributed by atoms with Gasteiger partial charge in [-0.05, 0) is 24.0 Å².